The molecule has 0 radical (unpaired) electrons. The van der Waals surface area contributed by atoms with Gasteiger partial charge in [0, 0.05) is 18.0 Å². The Kier molecular flexibility index (Phi) is 3.39. The Hall–Kier alpha value is -0.750. The van der Waals surface area contributed by atoms with Crippen molar-refractivity contribution in [2.24, 2.45) is 0 Å². The summed E-state index contributed by atoms with van der Waals surface area (Å²) in [5.74, 6) is 0.0550. The Bertz CT molecular complexity index is 380. The maximum Gasteiger partial charge on any atom is 0.186 e. The average molecular weight is 241 g/mol. The number of aliphatic hydroxyl groups excluding tert-OH is 2. The van der Waals surface area contributed by atoms with Crippen molar-refractivity contribution in [2.45, 2.75) is 19.1 Å². The van der Waals surface area contributed by atoms with E-state index in [9.17, 15) is 15.0 Å². The quantitative estimate of drug-likeness (QED) is 0.746. The van der Waals surface area contributed by atoms with Crippen LogP contribution >= 0.6 is 11.3 Å². The van der Waals surface area contributed by atoms with Gasteiger partial charge in [-0.2, -0.15) is 0 Å². The van der Waals surface area contributed by atoms with Crippen molar-refractivity contribution >= 4 is 17.1 Å². The molecule has 2 unspecified atom stereocenters. The highest BCUT2D eigenvalue weighted by molar-refractivity contribution is 7.14. The number of hydrogen-bond acceptors (Lipinski definition) is 5. The van der Waals surface area contributed by atoms with Crippen LogP contribution in [0.5, 0.6) is 0 Å². The third-order valence-electron chi connectivity index (χ3n) is 2.72. The number of β-amino-alcohol motifs (C(OH)–C–C–N with tert-alkyl or cyclic N) is 2. The van der Waals surface area contributed by atoms with Gasteiger partial charge in [-0.05, 0) is 19.1 Å². The molecule has 0 spiro atoms. The van der Waals surface area contributed by atoms with E-state index in [0.29, 0.717) is 13.1 Å². The summed E-state index contributed by atoms with van der Waals surface area (Å²) in [5, 5.41) is 18.7. The number of hydrogen-bond donors (Lipinski definition) is 2. The number of rotatable bonds is 3. The van der Waals surface area contributed by atoms with Crippen molar-refractivity contribution in [3.63, 3.8) is 0 Å². The maximum atomic E-state index is 11.8. The van der Waals surface area contributed by atoms with Crippen molar-refractivity contribution in [3.8, 4) is 0 Å². The highest BCUT2D eigenvalue weighted by Gasteiger charge is 2.30. The van der Waals surface area contributed by atoms with E-state index in [1.807, 2.05) is 19.1 Å². The van der Waals surface area contributed by atoms with E-state index in [1.165, 1.54) is 11.3 Å². The molecule has 2 heterocycles. The van der Waals surface area contributed by atoms with Gasteiger partial charge in [0.05, 0.1) is 23.6 Å². The number of aryl methyl sites for hydroxylation is 1. The first-order valence-electron chi connectivity index (χ1n) is 5.24. The SMILES string of the molecule is Cc1ccc(C(=O)CN2CC(O)C(O)C2)s1. The minimum atomic E-state index is -0.724. The molecule has 0 saturated carbocycles. The molecule has 2 N–H and O–H groups in total. The normalized spacial score (nSPS) is 26.2. The fourth-order valence-electron chi connectivity index (χ4n) is 1.84. The van der Waals surface area contributed by atoms with Crippen LogP contribution in [0.2, 0.25) is 0 Å². The Labute approximate surface area is 98.1 Å². The number of carbonyl (C=O) groups is 1. The minimum Gasteiger partial charge on any atom is -0.389 e. The average Bonchev–Trinajstić information content (AvgIpc) is 2.75. The van der Waals surface area contributed by atoms with E-state index in [0.717, 1.165) is 9.75 Å². The third kappa shape index (κ3) is 2.49. The monoisotopic (exact) mass is 241 g/mol. The van der Waals surface area contributed by atoms with Crippen molar-refractivity contribution in [1.82, 2.24) is 4.90 Å². The van der Waals surface area contributed by atoms with Gasteiger partial charge >= 0.3 is 0 Å². The molecule has 5 heteroatoms. The molecule has 4 nitrogen and oxygen atoms in total. The van der Waals surface area contributed by atoms with Crippen LogP contribution in [0, 0.1) is 6.92 Å². The number of likely N-dealkylation sites (tertiary alicyclic amines) is 1. The Morgan fingerprint density at radius 1 is 1.44 bits per heavy atom. The predicted octanol–water partition coefficient (Wildman–Crippen LogP) is 0.277. The summed E-state index contributed by atoms with van der Waals surface area (Å²) in [4.78, 5) is 15.5. The molecule has 2 atom stereocenters. The fourth-order valence-corrected chi connectivity index (χ4v) is 2.64. The fraction of sp³-hybridized carbons (Fsp3) is 0.545. The van der Waals surface area contributed by atoms with Crippen LogP contribution in [0.1, 0.15) is 14.5 Å². The summed E-state index contributed by atoms with van der Waals surface area (Å²) < 4.78 is 0. The van der Waals surface area contributed by atoms with Crippen molar-refractivity contribution < 1.29 is 15.0 Å². The van der Waals surface area contributed by atoms with Crippen LogP contribution in [0.15, 0.2) is 12.1 Å². The maximum absolute atomic E-state index is 11.8. The highest BCUT2D eigenvalue weighted by Crippen LogP contribution is 2.17. The van der Waals surface area contributed by atoms with Crippen LogP contribution in [-0.2, 0) is 0 Å². The van der Waals surface area contributed by atoms with E-state index in [1.54, 1.807) is 4.90 Å². The number of carbonyl (C=O) groups excluding carboxylic acids is 1. The number of Topliss-reactive ketones (excluding diaryl/α,β-unsaturated/α-hetero) is 1. The third-order valence-corrected chi connectivity index (χ3v) is 3.76. The summed E-state index contributed by atoms with van der Waals surface area (Å²) in [7, 11) is 0. The molecule has 16 heavy (non-hydrogen) atoms. The molecule has 1 aromatic heterocycles. The van der Waals surface area contributed by atoms with Gasteiger partial charge in [-0.15, -0.1) is 11.3 Å². The molecule has 1 aliphatic rings. The standard InChI is InChI=1S/C11H15NO3S/c1-7-2-3-11(16-7)10(15)6-12-4-8(13)9(14)5-12/h2-3,8-9,13-14H,4-6H2,1H3. The zero-order chi connectivity index (χ0) is 11.7. The minimum absolute atomic E-state index is 0.0550. The first kappa shape index (κ1) is 11.7. The number of ketones is 1. The van der Waals surface area contributed by atoms with Gasteiger partial charge in [-0.1, -0.05) is 0 Å². The van der Waals surface area contributed by atoms with Crippen LogP contribution in [0.4, 0.5) is 0 Å². The van der Waals surface area contributed by atoms with Gasteiger partial charge in [0.2, 0.25) is 0 Å². The van der Waals surface area contributed by atoms with E-state index < -0.39 is 12.2 Å². The van der Waals surface area contributed by atoms with Gasteiger partial charge in [0.1, 0.15) is 0 Å². The lowest BCUT2D eigenvalue weighted by Gasteiger charge is -2.12. The van der Waals surface area contributed by atoms with E-state index in [2.05, 4.69) is 0 Å². The van der Waals surface area contributed by atoms with Crippen LogP contribution in [0.25, 0.3) is 0 Å². The second-order valence-corrected chi connectivity index (χ2v) is 5.45. The summed E-state index contributed by atoms with van der Waals surface area (Å²) in [6, 6.07) is 3.75. The number of nitrogens with zero attached hydrogens (tertiary/aromatic N) is 1. The second-order valence-electron chi connectivity index (χ2n) is 4.16. The number of aliphatic hydroxyl groups is 2. The topological polar surface area (TPSA) is 60.8 Å². The molecule has 1 aliphatic heterocycles. The molecule has 2 rings (SSSR count). The summed E-state index contributed by atoms with van der Waals surface area (Å²) in [6.45, 7) is 2.98. The lowest BCUT2D eigenvalue weighted by Crippen LogP contribution is -2.28. The Morgan fingerprint density at radius 3 is 2.56 bits per heavy atom. The van der Waals surface area contributed by atoms with Crippen molar-refractivity contribution in [2.75, 3.05) is 19.6 Å². The van der Waals surface area contributed by atoms with Crippen molar-refractivity contribution in [1.29, 1.82) is 0 Å². The van der Waals surface area contributed by atoms with Crippen LogP contribution in [-0.4, -0.2) is 52.7 Å². The Morgan fingerprint density at radius 2 is 2.06 bits per heavy atom. The molecule has 0 aromatic carbocycles. The number of thiophene rings is 1. The van der Waals surface area contributed by atoms with Gasteiger partial charge in [0.15, 0.2) is 5.78 Å². The molecule has 0 aliphatic carbocycles. The smallest absolute Gasteiger partial charge is 0.186 e. The van der Waals surface area contributed by atoms with Gasteiger partial charge in [0.25, 0.3) is 0 Å². The Balaban J connectivity index is 1.93. The second kappa shape index (κ2) is 4.63. The zero-order valence-electron chi connectivity index (χ0n) is 9.09. The highest BCUT2D eigenvalue weighted by atomic mass is 32.1. The van der Waals surface area contributed by atoms with E-state index >= 15 is 0 Å². The molecule has 1 aromatic rings. The summed E-state index contributed by atoms with van der Waals surface area (Å²) >= 11 is 1.48. The van der Waals surface area contributed by atoms with Crippen LogP contribution < -0.4 is 0 Å². The molecule has 1 saturated heterocycles. The van der Waals surface area contributed by atoms with E-state index in [4.69, 9.17) is 0 Å². The first-order valence-corrected chi connectivity index (χ1v) is 6.06. The molecule has 1 fully saturated rings. The van der Waals surface area contributed by atoms with Gasteiger partial charge in [-0.25, -0.2) is 0 Å². The lowest BCUT2D eigenvalue weighted by molar-refractivity contribution is 0.0572. The van der Waals surface area contributed by atoms with Gasteiger partial charge in [-0.3, -0.25) is 9.69 Å². The predicted molar refractivity (Wildman–Crippen MR) is 61.8 cm³/mol. The molecule has 0 bridgehead atoms. The molecular formula is C11H15NO3S. The summed E-state index contributed by atoms with van der Waals surface area (Å²) in [5.41, 5.74) is 0. The summed E-state index contributed by atoms with van der Waals surface area (Å²) in [6.07, 6.45) is -1.45. The van der Waals surface area contributed by atoms with Gasteiger partial charge < -0.3 is 10.2 Å². The lowest BCUT2D eigenvalue weighted by atomic mass is 10.3. The van der Waals surface area contributed by atoms with Crippen molar-refractivity contribution in [3.05, 3.63) is 21.9 Å². The molecule has 0 amide bonds. The first-order chi connectivity index (χ1) is 7.56. The molecule has 88 valence electrons. The molecular weight excluding hydrogens is 226 g/mol. The zero-order valence-corrected chi connectivity index (χ0v) is 9.91. The largest absolute Gasteiger partial charge is 0.389 e. The van der Waals surface area contributed by atoms with E-state index in [-0.39, 0.29) is 12.3 Å². The van der Waals surface area contributed by atoms with Crippen LogP contribution in [0.3, 0.4) is 0 Å².